The van der Waals surface area contributed by atoms with Gasteiger partial charge in [-0.05, 0) is 23.1 Å². The van der Waals surface area contributed by atoms with E-state index in [0.717, 1.165) is 5.56 Å². The van der Waals surface area contributed by atoms with Gasteiger partial charge in [0.15, 0.2) is 9.84 Å². The summed E-state index contributed by atoms with van der Waals surface area (Å²) in [4.78, 5) is 0.398. The molecule has 0 aliphatic heterocycles. The lowest BCUT2D eigenvalue weighted by atomic mass is 9.78. The predicted molar refractivity (Wildman–Crippen MR) is 87.1 cm³/mol. The third kappa shape index (κ3) is 3.94. The summed E-state index contributed by atoms with van der Waals surface area (Å²) < 4.78 is 25.3. The fourth-order valence-corrected chi connectivity index (χ4v) is 4.37. The standard InChI is InChI=1S/C18H22O2S/c1-18(2,3)17(15-10-6-4-7-11-15)14-21(19,20)16-12-8-5-9-13-16/h4-13,17H,14H2,1-3H3. The van der Waals surface area contributed by atoms with Crippen LogP contribution in [-0.4, -0.2) is 14.2 Å². The van der Waals surface area contributed by atoms with E-state index < -0.39 is 9.84 Å². The minimum Gasteiger partial charge on any atom is -0.224 e. The summed E-state index contributed by atoms with van der Waals surface area (Å²) in [6.07, 6.45) is 0. The maximum atomic E-state index is 12.7. The number of benzene rings is 2. The van der Waals surface area contributed by atoms with Crippen LogP contribution >= 0.6 is 0 Å². The molecule has 0 saturated carbocycles. The molecule has 0 fully saturated rings. The molecule has 21 heavy (non-hydrogen) atoms. The Kier molecular flexibility index (Phi) is 4.52. The van der Waals surface area contributed by atoms with Gasteiger partial charge in [-0.25, -0.2) is 8.42 Å². The Morgan fingerprint density at radius 1 is 0.857 bits per heavy atom. The zero-order valence-electron chi connectivity index (χ0n) is 12.8. The van der Waals surface area contributed by atoms with E-state index >= 15 is 0 Å². The van der Waals surface area contributed by atoms with Gasteiger partial charge in [-0.2, -0.15) is 0 Å². The van der Waals surface area contributed by atoms with Gasteiger partial charge >= 0.3 is 0 Å². The average Bonchev–Trinajstić information content (AvgIpc) is 2.46. The fraction of sp³-hybridized carbons (Fsp3) is 0.333. The Bertz CT molecular complexity index is 668. The lowest BCUT2D eigenvalue weighted by molar-refractivity contribution is 0.340. The number of sulfone groups is 1. The molecule has 0 bridgehead atoms. The summed E-state index contributed by atoms with van der Waals surface area (Å²) in [6, 6.07) is 18.6. The van der Waals surface area contributed by atoms with Crippen LogP contribution in [0.15, 0.2) is 65.6 Å². The van der Waals surface area contributed by atoms with E-state index in [1.165, 1.54) is 0 Å². The second kappa shape index (κ2) is 6.02. The minimum absolute atomic E-state index is 0.0380. The first-order chi connectivity index (χ1) is 9.81. The second-order valence-corrected chi connectivity index (χ2v) is 8.46. The lowest BCUT2D eigenvalue weighted by Gasteiger charge is -2.31. The summed E-state index contributed by atoms with van der Waals surface area (Å²) in [7, 11) is -3.29. The molecule has 0 radical (unpaired) electrons. The molecule has 0 aliphatic carbocycles. The van der Waals surface area contributed by atoms with Crippen molar-refractivity contribution in [2.45, 2.75) is 31.6 Å². The van der Waals surface area contributed by atoms with E-state index in [1.807, 2.05) is 36.4 Å². The summed E-state index contributed by atoms with van der Waals surface area (Å²) in [6.45, 7) is 6.27. The van der Waals surface area contributed by atoms with Crippen molar-refractivity contribution in [2.24, 2.45) is 5.41 Å². The van der Waals surface area contributed by atoms with Gasteiger partial charge in [-0.1, -0.05) is 69.3 Å². The largest absolute Gasteiger partial charge is 0.224 e. The first-order valence-electron chi connectivity index (χ1n) is 7.13. The van der Waals surface area contributed by atoms with Crippen molar-refractivity contribution in [1.82, 2.24) is 0 Å². The van der Waals surface area contributed by atoms with Crippen molar-refractivity contribution in [2.75, 3.05) is 5.75 Å². The van der Waals surface area contributed by atoms with Gasteiger partial charge in [0.1, 0.15) is 0 Å². The first-order valence-corrected chi connectivity index (χ1v) is 8.79. The van der Waals surface area contributed by atoms with Crippen LogP contribution in [0, 0.1) is 5.41 Å². The average molecular weight is 302 g/mol. The molecular formula is C18H22O2S. The molecule has 0 saturated heterocycles. The van der Waals surface area contributed by atoms with Crippen LogP contribution in [0.3, 0.4) is 0 Å². The zero-order valence-corrected chi connectivity index (χ0v) is 13.6. The van der Waals surface area contributed by atoms with Crippen LogP contribution in [-0.2, 0) is 9.84 Å². The maximum absolute atomic E-state index is 12.7. The van der Waals surface area contributed by atoms with Gasteiger partial charge in [-0.3, -0.25) is 0 Å². The second-order valence-electron chi connectivity index (χ2n) is 6.42. The van der Waals surface area contributed by atoms with Crippen molar-refractivity contribution in [3.63, 3.8) is 0 Å². The Morgan fingerprint density at radius 2 is 1.33 bits per heavy atom. The van der Waals surface area contributed by atoms with Crippen LogP contribution in [0.1, 0.15) is 32.3 Å². The lowest BCUT2D eigenvalue weighted by Crippen LogP contribution is -2.26. The molecule has 0 spiro atoms. The molecule has 0 N–H and O–H groups in total. The highest BCUT2D eigenvalue weighted by Gasteiger charge is 2.31. The van der Waals surface area contributed by atoms with E-state index in [2.05, 4.69) is 20.8 Å². The summed E-state index contributed by atoms with van der Waals surface area (Å²) in [5.41, 5.74) is 0.952. The first kappa shape index (κ1) is 15.8. The topological polar surface area (TPSA) is 34.1 Å². The number of hydrogen-bond acceptors (Lipinski definition) is 2. The van der Waals surface area contributed by atoms with E-state index in [4.69, 9.17) is 0 Å². The fourth-order valence-electron chi connectivity index (χ4n) is 2.48. The van der Waals surface area contributed by atoms with Crippen LogP contribution < -0.4 is 0 Å². The highest BCUT2D eigenvalue weighted by molar-refractivity contribution is 7.91. The monoisotopic (exact) mass is 302 g/mol. The molecule has 0 aromatic heterocycles. The van der Waals surface area contributed by atoms with Crippen LogP contribution in [0.2, 0.25) is 0 Å². The van der Waals surface area contributed by atoms with Gasteiger partial charge < -0.3 is 0 Å². The maximum Gasteiger partial charge on any atom is 0.178 e. The molecular weight excluding hydrogens is 280 g/mol. The number of hydrogen-bond donors (Lipinski definition) is 0. The predicted octanol–water partition coefficient (Wildman–Crippen LogP) is 4.29. The molecule has 0 amide bonds. The van der Waals surface area contributed by atoms with E-state index in [0.29, 0.717) is 4.90 Å². The highest BCUT2D eigenvalue weighted by atomic mass is 32.2. The smallest absolute Gasteiger partial charge is 0.178 e. The molecule has 1 unspecified atom stereocenters. The molecule has 112 valence electrons. The molecule has 2 nitrogen and oxygen atoms in total. The molecule has 0 aliphatic rings. The van der Waals surface area contributed by atoms with Crippen molar-refractivity contribution in [3.8, 4) is 0 Å². The summed E-state index contributed by atoms with van der Waals surface area (Å²) in [5, 5.41) is 0. The van der Waals surface area contributed by atoms with Crippen molar-refractivity contribution in [1.29, 1.82) is 0 Å². The molecule has 1 atom stereocenters. The van der Waals surface area contributed by atoms with Crippen molar-refractivity contribution in [3.05, 3.63) is 66.2 Å². The van der Waals surface area contributed by atoms with E-state index in [9.17, 15) is 8.42 Å². The van der Waals surface area contributed by atoms with E-state index in [-0.39, 0.29) is 17.1 Å². The van der Waals surface area contributed by atoms with Crippen molar-refractivity contribution < 1.29 is 8.42 Å². The normalized spacial score (nSPS) is 13.9. The highest BCUT2D eigenvalue weighted by Crippen LogP contribution is 2.37. The Labute approximate surface area is 127 Å². The molecule has 2 rings (SSSR count). The third-order valence-electron chi connectivity index (χ3n) is 3.74. The number of rotatable bonds is 4. The van der Waals surface area contributed by atoms with Crippen LogP contribution in [0.25, 0.3) is 0 Å². The van der Waals surface area contributed by atoms with Gasteiger partial charge in [0.25, 0.3) is 0 Å². The van der Waals surface area contributed by atoms with Gasteiger partial charge in [0, 0.05) is 5.92 Å². The molecule has 0 heterocycles. The summed E-state index contributed by atoms with van der Waals surface area (Å²) >= 11 is 0. The van der Waals surface area contributed by atoms with Gasteiger partial charge in [0.2, 0.25) is 0 Å². The van der Waals surface area contributed by atoms with E-state index in [1.54, 1.807) is 24.3 Å². The van der Waals surface area contributed by atoms with Crippen molar-refractivity contribution >= 4 is 9.84 Å². The van der Waals surface area contributed by atoms with Crippen LogP contribution in [0.5, 0.6) is 0 Å². The molecule has 2 aromatic rings. The van der Waals surface area contributed by atoms with Gasteiger partial charge in [-0.15, -0.1) is 0 Å². The minimum atomic E-state index is -3.29. The zero-order chi connectivity index (χ0) is 15.5. The molecule has 3 heteroatoms. The SMILES string of the molecule is CC(C)(C)C(CS(=O)(=O)c1ccccc1)c1ccccc1. The summed E-state index contributed by atoms with van der Waals surface area (Å²) in [5.74, 6) is 0.0914. The third-order valence-corrected chi connectivity index (χ3v) is 5.50. The Morgan fingerprint density at radius 3 is 1.81 bits per heavy atom. The Hall–Kier alpha value is -1.61. The quantitative estimate of drug-likeness (QED) is 0.844. The van der Waals surface area contributed by atoms with Gasteiger partial charge in [0.05, 0.1) is 10.6 Å². The molecule has 2 aromatic carbocycles. The van der Waals surface area contributed by atoms with Crippen LogP contribution in [0.4, 0.5) is 0 Å². The Balaban J connectivity index is 2.37.